The average Bonchev–Trinajstić information content (AvgIpc) is 3.86. The molecule has 13 aromatic rings. The minimum Gasteiger partial charge on any atom is -0.455 e. The Kier molecular flexibility index (Phi) is 6.38. The van der Waals surface area contributed by atoms with Crippen LogP contribution < -0.4 is 0 Å². The van der Waals surface area contributed by atoms with Crippen molar-refractivity contribution in [3.63, 3.8) is 0 Å². The lowest BCUT2D eigenvalue weighted by molar-refractivity contribution is 0.672. The van der Waals surface area contributed by atoms with E-state index in [-0.39, 0.29) is 0 Å². The Morgan fingerprint density at radius 3 is 1.69 bits per heavy atom. The highest BCUT2D eigenvalue weighted by molar-refractivity contribution is 6.34. The first kappa shape index (κ1) is 31.3. The highest BCUT2D eigenvalue weighted by Crippen LogP contribution is 2.47. The first-order chi connectivity index (χ1) is 28.7. The fraction of sp³-hybridized carbons (Fsp3) is 0. The van der Waals surface area contributed by atoms with Gasteiger partial charge in [0.15, 0.2) is 17.5 Å². The summed E-state index contributed by atoms with van der Waals surface area (Å²) in [6.07, 6.45) is 0. The maximum atomic E-state index is 7.05. The molecule has 5 nitrogen and oxygen atoms in total. The van der Waals surface area contributed by atoms with Crippen LogP contribution >= 0.6 is 0 Å². The van der Waals surface area contributed by atoms with Crippen LogP contribution in [0.4, 0.5) is 0 Å². The van der Waals surface area contributed by atoms with Gasteiger partial charge in [0, 0.05) is 49.0 Å². The van der Waals surface area contributed by atoms with Crippen LogP contribution in [0.1, 0.15) is 0 Å². The number of nitrogens with zero attached hydrogens (tertiary/aromatic N) is 3. The Balaban J connectivity index is 1.15. The van der Waals surface area contributed by atoms with Crippen LogP contribution in [0.15, 0.2) is 185 Å². The number of aromatic nitrogens is 3. The molecule has 0 fully saturated rings. The number of furan rings is 2. The standard InChI is InChI=1S/C53H29N3O2/c1-2-13-31(14-3-1)51-54-52(34-23-25-45-41(27-34)40-24-22-30-12-6-7-17-35(30)49(40)57-45)56-53(55-51)44-29-42-38-20-9-8-18-36(38)37-19-10-11-21-39(37)47(42)50-48(44)43-26-32-15-4-5-16-33(32)28-46(43)58-50/h1-29H. The molecule has 10 aromatic carbocycles. The molecule has 0 bridgehead atoms. The molecule has 0 aliphatic rings. The third-order valence-corrected chi connectivity index (χ3v) is 11.8. The first-order valence-electron chi connectivity index (χ1n) is 19.5. The van der Waals surface area contributed by atoms with E-state index in [1.54, 1.807) is 0 Å². The Morgan fingerprint density at radius 1 is 0.293 bits per heavy atom. The van der Waals surface area contributed by atoms with E-state index < -0.39 is 0 Å². The van der Waals surface area contributed by atoms with Gasteiger partial charge in [-0.2, -0.15) is 0 Å². The maximum Gasteiger partial charge on any atom is 0.164 e. The van der Waals surface area contributed by atoms with E-state index in [1.807, 2.05) is 24.3 Å². The lowest BCUT2D eigenvalue weighted by atomic mass is 9.90. The molecular formula is C53H29N3O2. The third kappa shape index (κ3) is 4.50. The first-order valence-corrected chi connectivity index (χ1v) is 19.5. The molecule has 0 amide bonds. The molecule has 58 heavy (non-hydrogen) atoms. The van der Waals surface area contributed by atoms with Crippen molar-refractivity contribution in [1.82, 2.24) is 15.0 Å². The maximum absolute atomic E-state index is 7.05. The lowest BCUT2D eigenvalue weighted by Gasteiger charge is -2.14. The van der Waals surface area contributed by atoms with Gasteiger partial charge in [0.25, 0.3) is 0 Å². The molecule has 13 rings (SSSR count). The fourth-order valence-electron chi connectivity index (χ4n) is 9.17. The molecule has 3 heterocycles. The molecule has 0 saturated carbocycles. The molecule has 0 radical (unpaired) electrons. The van der Waals surface area contributed by atoms with Gasteiger partial charge in [-0.1, -0.05) is 133 Å². The van der Waals surface area contributed by atoms with Crippen molar-refractivity contribution in [2.45, 2.75) is 0 Å². The van der Waals surface area contributed by atoms with Gasteiger partial charge in [-0.3, -0.25) is 0 Å². The van der Waals surface area contributed by atoms with Gasteiger partial charge in [0.2, 0.25) is 0 Å². The van der Waals surface area contributed by atoms with Gasteiger partial charge in [0.05, 0.1) is 0 Å². The van der Waals surface area contributed by atoms with Crippen LogP contribution in [-0.4, -0.2) is 15.0 Å². The van der Waals surface area contributed by atoms with Gasteiger partial charge in [-0.15, -0.1) is 0 Å². The Labute approximate surface area is 330 Å². The smallest absolute Gasteiger partial charge is 0.164 e. The van der Waals surface area contributed by atoms with E-state index in [4.69, 9.17) is 23.8 Å². The second-order valence-electron chi connectivity index (χ2n) is 15.1. The quantitative estimate of drug-likeness (QED) is 0.169. The molecule has 0 atom stereocenters. The Morgan fingerprint density at radius 2 is 0.897 bits per heavy atom. The molecule has 0 saturated heterocycles. The molecule has 0 aliphatic carbocycles. The van der Waals surface area contributed by atoms with Crippen molar-refractivity contribution < 1.29 is 8.83 Å². The summed E-state index contributed by atoms with van der Waals surface area (Å²) in [7, 11) is 0. The minimum atomic E-state index is 0.576. The van der Waals surface area contributed by atoms with Crippen molar-refractivity contribution in [3.05, 3.63) is 176 Å². The summed E-state index contributed by atoms with van der Waals surface area (Å²) in [5, 5.41) is 15.4. The van der Waals surface area contributed by atoms with Crippen LogP contribution in [0.3, 0.4) is 0 Å². The zero-order valence-electron chi connectivity index (χ0n) is 30.9. The fourth-order valence-corrected chi connectivity index (χ4v) is 9.17. The van der Waals surface area contributed by atoms with Crippen molar-refractivity contribution in [2.75, 3.05) is 0 Å². The van der Waals surface area contributed by atoms with E-state index in [9.17, 15) is 0 Å². The molecule has 268 valence electrons. The van der Waals surface area contributed by atoms with Crippen molar-refractivity contribution in [1.29, 1.82) is 0 Å². The summed E-state index contributed by atoms with van der Waals surface area (Å²) in [6, 6.07) is 61.4. The van der Waals surface area contributed by atoms with Crippen molar-refractivity contribution >= 4 is 97.7 Å². The molecule has 0 unspecified atom stereocenters. The average molecular weight is 740 g/mol. The monoisotopic (exact) mass is 739 g/mol. The zero-order valence-corrected chi connectivity index (χ0v) is 30.9. The number of hydrogen-bond donors (Lipinski definition) is 0. The summed E-state index contributed by atoms with van der Waals surface area (Å²) in [5.41, 5.74) is 6.01. The molecule has 0 N–H and O–H groups in total. The van der Waals surface area contributed by atoms with Gasteiger partial charge in [-0.25, -0.2) is 15.0 Å². The molecule has 5 heteroatoms. The van der Waals surface area contributed by atoms with Crippen LogP contribution in [0.5, 0.6) is 0 Å². The highest BCUT2D eigenvalue weighted by atomic mass is 16.3. The van der Waals surface area contributed by atoms with Crippen LogP contribution in [0.25, 0.3) is 132 Å². The van der Waals surface area contributed by atoms with Crippen molar-refractivity contribution in [3.8, 4) is 34.2 Å². The second kappa shape index (κ2) is 11.8. The van der Waals surface area contributed by atoms with Crippen LogP contribution in [-0.2, 0) is 0 Å². The van der Waals surface area contributed by atoms with Gasteiger partial charge in [0.1, 0.15) is 22.3 Å². The van der Waals surface area contributed by atoms with Crippen LogP contribution in [0.2, 0.25) is 0 Å². The normalized spacial score (nSPS) is 12.1. The van der Waals surface area contributed by atoms with Crippen molar-refractivity contribution in [2.24, 2.45) is 0 Å². The largest absolute Gasteiger partial charge is 0.455 e. The van der Waals surface area contributed by atoms with E-state index in [0.717, 1.165) is 104 Å². The number of rotatable bonds is 3. The third-order valence-electron chi connectivity index (χ3n) is 11.8. The predicted octanol–water partition coefficient (Wildman–Crippen LogP) is 14.4. The summed E-state index contributed by atoms with van der Waals surface area (Å²) in [5.74, 6) is 1.75. The van der Waals surface area contributed by atoms with E-state index >= 15 is 0 Å². The summed E-state index contributed by atoms with van der Waals surface area (Å²) < 4.78 is 13.5. The van der Waals surface area contributed by atoms with Gasteiger partial charge < -0.3 is 8.83 Å². The zero-order chi connectivity index (χ0) is 37.9. The lowest BCUT2D eigenvalue weighted by Crippen LogP contribution is -2.00. The Bertz CT molecular complexity index is 3860. The predicted molar refractivity (Wildman–Crippen MR) is 238 cm³/mol. The van der Waals surface area contributed by atoms with Gasteiger partial charge in [-0.05, 0) is 85.6 Å². The van der Waals surface area contributed by atoms with E-state index in [2.05, 4.69) is 152 Å². The highest BCUT2D eigenvalue weighted by Gasteiger charge is 2.24. The minimum absolute atomic E-state index is 0.576. The Hall–Kier alpha value is -7.89. The molecule has 0 aliphatic heterocycles. The number of benzene rings is 10. The number of hydrogen-bond acceptors (Lipinski definition) is 5. The van der Waals surface area contributed by atoms with E-state index in [0.29, 0.717) is 17.5 Å². The summed E-state index contributed by atoms with van der Waals surface area (Å²) >= 11 is 0. The van der Waals surface area contributed by atoms with E-state index in [1.165, 1.54) is 10.8 Å². The summed E-state index contributed by atoms with van der Waals surface area (Å²) in [4.78, 5) is 15.8. The second-order valence-corrected chi connectivity index (χ2v) is 15.1. The SMILES string of the molecule is c1ccc(-c2nc(-c3ccc4oc5c6ccccc6ccc5c4c3)nc(-c3cc4c5ccccc5c5ccccc5c4c4oc5cc6ccccc6cc5c34)n2)cc1. The molecule has 0 spiro atoms. The number of fused-ring (bicyclic) bond motifs is 16. The molecular weight excluding hydrogens is 711 g/mol. The topological polar surface area (TPSA) is 65.0 Å². The molecule has 3 aromatic heterocycles. The van der Waals surface area contributed by atoms with Crippen LogP contribution in [0, 0.1) is 0 Å². The van der Waals surface area contributed by atoms with Gasteiger partial charge >= 0.3 is 0 Å². The summed E-state index contributed by atoms with van der Waals surface area (Å²) in [6.45, 7) is 0.